The average molecular weight is 353 g/mol. The summed E-state index contributed by atoms with van der Waals surface area (Å²) < 4.78 is 0. The van der Waals surface area contributed by atoms with Gasteiger partial charge in [0.25, 0.3) is 0 Å². The highest BCUT2D eigenvalue weighted by molar-refractivity contribution is 14.0. The average Bonchev–Trinajstić information content (AvgIpc) is 2.12. The Morgan fingerprint density at radius 2 is 1.88 bits per heavy atom. The van der Waals surface area contributed by atoms with E-state index in [2.05, 4.69) is 37.7 Å². The number of aliphatic imine (C=N–C) groups is 1. The Morgan fingerprint density at radius 1 is 1.29 bits per heavy atom. The van der Waals surface area contributed by atoms with E-state index >= 15 is 0 Å². The van der Waals surface area contributed by atoms with E-state index in [1.54, 1.807) is 0 Å². The molecule has 102 valence electrons. The Balaban J connectivity index is 0. The fourth-order valence-corrected chi connectivity index (χ4v) is 1.27. The van der Waals surface area contributed by atoms with Crippen molar-refractivity contribution in [3.8, 4) is 0 Å². The Morgan fingerprint density at radius 3 is 2.35 bits per heavy atom. The minimum absolute atomic E-state index is 0. The van der Waals surface area contributed by atoms with Crippen LogP contribution < -0.4 is 11.1 Å². The van der Waals surface area contributed by atoms with E-state index in [1.807, 2.05) is 6.92 Å². The van der Waals surface area contributed by atoms with E-state index in [9.17, 15) is 0 Å². The van der Waals surface area contributed by atoms with E-state index in [0.29, 0.717) is 17.9 Å². The maximum atomic E-state index is 5.69. The molecule has 0 bridgehead atoms. The number of nitrogens with two attached hydrogens (primary N) is 1. The van der Waals surface area contributed by atoms with Gasteiger partial charge in [-0.15, -0.1) is 24.0 Å². The molecule has 0 aromatic carbocycles. The molecule has 0 unspecified atom stereocenters. The van der Waals surface area contributed by atoms with Gasteiger partial charge in [0.1, 0.15) is 0 Å². The van der Waals surface area contributed by atoms with Gasteiger partial charge < -0.3 is 11.1 Å². The molecule has 0 aromatic rings. The molecule has 0 heterocycles. The van der Waals surface area contributed by atoms with E-state index in [4.69, 9.17) is 5.73 Å². The zero-order valence-corrected chi connectivity index (χ0v) is 14.0. The fourth-order valence-electron chi connectivity index (χ4n) is 1.27. The van der Waals surface area contributed by atoms with Gasteiger partial charge in [-0.25, -0.2) is 4.99 Å². The van der Waals surface area contributed by atoms with Crippen molar-refractivity contribution >= 4 is 29.9 Å². The first-order valence-corrected chi connectivity index (χ1v) is 5.99. The highest BCUT2D eigenvalue weighted by Crippen LogP contribution is 2.20. The summed E-state index contributed by atoms with van der Waals surface area (Å²) in [5.41, 5.74) is 7.14. The zero-order chi connectivity index (χ0) is 12.6. The van der Waals surface area contributed by atoms with Crippen molar-refractivity contribution in [3.63, 3.8) is 0 Å². The lowest BCUT2D eigenvalue weighted by Gasteiger charge is -2.17. The molecule has 0 aliphatic carbocycles. The number of hydrogen-bond acceptors (Lipinski definition) is 1. The molecule has 0 aromatic heterocycles. The van der Waals surface area contributed by atoms with E-state index in [1.165, 1.54) is 12.8 Å². The number of rotatable bonds is 6. The van der Waals surface area contributed by atoms with Crippen LogP contribution in [-0.2, 0) is 0 Å². The maximum absolute atomic E-state index is 5.69. The normalized spacial score (nSPS) is 11.9. The number of halogens is 1. The minimum Gasteiger partial charge on any atom is -0.370 e. The summed E-state index contributed by atoms with van der Waals surface area (Å²) in [6.07, 6.45) is 3.61. The zero-order valence-electron chi connectivity index (χ0n) is 11.7. The van der Waals surface area contributed by atoms with Crippen LogP contribution in [0, 0.1) is 5.41 Å². The molecule has 0 spiro atoms. The van der Waals surface area contributed by atoms with Gasteiger partial charge in [-0.2, -0.15) is 0 Å². The second-order valence-corrected chi connectivity index (χ2v) is 5.60. The van der Waals surface area contributed by atoms with Crippen molar-refractivity contribution in [2.24, 2.45) is 16.1 Å². The smallest absolute Gasteiger partial charge is 0.188 e. The van der Waals surface area contributed by atoms with Crippen LogP contribution in [0.1, 0.15) is 47.0 Å². The van der Waals surface area contributed by atoms with Gasteiger partial charge in [-0.3, -0.25) is 0 Å². The molecule has 0 atom stereocenters. The molecule has 0 amide bonds. The number of nitrogens with one attached hydrogen (secondary N) is 1. The summed E-state index contributed by atoms with van der Waals surface area (Å²) >= 11 is 0. The number of unbranched alkanes of at least 4 members (excludes halogenated alkanes) is 1. The van der Waals surface area contributed by atoms with Crippen LogP contribution >= 0.6 is 24.0 Å². The summed E-state index contributed by atoms with van der Waals surface area (Å²) in [5.74, 6) is 0.527. The Labute approximate surface area is 123 Å². The summed E-state index contributed by atoms with van der Waals surface area (Å²) in [4.78, 5) is 4.15. The Kier molecular flexibility index (Phi) is 10.9. The van der Waals surface area contributed by atoms with Crippen molar-refractivity contribution in [1.29, 1.82) is 0 Å². The van der Waals surface area contributed by atoms with Crippen LogP contribution in [0.3, 0.4) is 0 Å². The molecule has 3 nitrogen and oxygen atoms in total. The van der Waals surface area contributed by atoms with E-state index in [-0.39, 0.29) is 24.0 Å². The molecule has 17 heavy (non-hydrogen) atoms. The Hall–Kier alpha value is -0.260. The molecule has 0 saturated carbocycles. The number of nitrogens with zero attached hydrogens (tertiary/aromatic N) is 1. The van der Waals surface area contributed by atoms with Crippen LogP contribution in [0.2, 0.25) is 0 Å². The lowest BCUT2D eigenvalue weighted by atomic mass is 9.90. The molecule has 0 fully saturated rings. The largest absolute Gasteiger partial charge is 0.370 e. The molecule has 0 radical (unpaired) electrons. The van der Waals surface area contributed by atoms with Crippen LogP contribution in [0.25, 0.3) is 0 Å². The van der Waals surface area contributed by atoms with Crippen molar-refractivity contribution in [2.75, 3.05) is 13.1 Å². The maximum Gasteiger partial charge on any atom is 0.188 e. The van der Waals surface area contributed by atoms with Gasteiger partial charge >= 0.3 is 0 Å². The second kappa shape index (κ2) is 9.74. The topological polar surface area (TPSA) is 50.4 Å². The lowest BCUT2D eigenvalue weighted by Crippen LogP contribution is -2.32. The standard InChI is InChI=1S/C13H27N3.HI/c1-11(2)10-16-12(14)15-9-7-6-8-13(3,4)5;/h1,6-10H2,2-5H3,(H3,14,15,16);1H. The van der Waals surface area contributed by atoms with Crippen molar-refractivity contribution in [2.45, 2.75) is 47.0 Å². The summed E-state index contributed by atoms with van der Waals surface area (Å²) in [6, 6.07) is 0. The molecule has 0 saturated heterocycles. The predicted octanol–water partition coefficient (Wildman–Crippen LogP) is 3.30. The first kappa shape index (κ1) is 19.1. The van der Waals surface area contributed by atoms with Crippen LogP contribution in [0.5, 0.6) is 0 Å². The molecule has 4 heteroatoms. The molecular formula is C13H28IN3. The summed E-state index contributed by atoms with van der Waals surface area (Å²) in [7, 11) is 0. The minimum atomic E-state index is 0. The molecule has 0 aliphatic heterocycles. The van der Waals surface area contributed by atoms with Crippen LogP contribution in [0.15, 0.2) is 17.1 Å². The first-order chi connectivity index (χ1) is 7.31. The van der Waals surface area contributed by atoms with Gasteiger partial charge in [-0.1, -0.05) is 39.3 Å². The van der Waals surface area contributed by atoms with Crippen molar-refractivity contribution in [3.05, 3.63) is 12.2 Å². The molecule has 0 rings (SSSR count). The highest BCUT2D eigenvalue weighted by Gasteiger charge is 2.08. The number of guanidine groups is 1. The second-order valence-electron chi connectivity index (χ2n) is 5.60. The fraction of sp³-hybridized carbons (Fsp3) is 0.769. The third kappa shape index (κ3) is 15.7. The van der Waals surface area contributed by atoms with Crippen LogP contribution in [0.4, 0.5) is 0 Å². The van der Waals surface area contributed by atoms with E-state index < -0.39 is 0 Å². The predicted molar refractivity (Wildman–Crippen MR) is 88.0 cm³/mol. The first-order valence-electron chi connectivity index (χ1n) is 5.99. The lowest BCUT2D eigenvalue weighted by molar-refractivity contribution is 0.360. The third-order valence-electron chi connectivity index (χ3n) is 2.18. The number of hydrogen-bond donors (Lipinski definition) is 2. The summed E-state index contributed by atoms with van der Waals surface area (Å²) in [6.45, 7) is 14.0. The molecule has 0 aliphatic rings. The van der Waals surface area contributed by atoms with Gasteiger partial charge in [0.05, 0.1) is 6.54 Å². The third-order valence-corrected chi connectivity index (χ3v) is 2.18. The molecular weight excluding hydrogens is 325 g/mol. The van der Waals surface area contributed by atoms with Gasteiger partial charge in [0.15, 0.2) is 5.96 Å². The van der Waals surface area contributed by atoms with Crippen LogP contribution in [-0.4, -0.2) is 19.0 Å². The van der Waals surface area contributed by atoms with Crippen molar-refractivity contribution < 1.29 is 0 Å². The summed E-state index contributed by atoms with van der Waals surface area (Å²) in [5, 5.41) is 3.11. The Bertz CT molecular complexity index is 242. The SMILES string of the molecule is C=C(C)CN=C(N)NCCCCC(C)(C)C.I. The van der Waals surface area contributed by atoms with Crippen molar-refractivity contribution in [1.82, 2.24) is 5.32 Å². The quantitative estimate of drug-likeness (QED) is 0.253. The van der Waals surface area contributed by atoms with Gasteiger partial charge in [0, 0.05) is 6.54 Å². The monoisotopic (exact) mass is 353 g/mol. The van der Waals surface area contributed by atoms with Gasteiger partial charge in [0.2, 0.25) is 0 Å². The molecule has 3 N–H and O–H groups in total. The van der Waals surface area contributed by atoms with Gasteiger partial charge in [-0.05, 0) is 25.2 Å². The van der Waals surface area contributed by atoms with E-state index in [0.717, 1.165) is 18.5 Å². The highest BCUT2D eigenvalue weighted by atomic mass is 127.